The molecule has 2 nitrogen and oxygen atoms in total. The standard InChI is InChI=1S/C10H6Cl3NO/c11-8-5-3-1-2-4-6(5)14-10(15)7(8)9(12)13/h1-4,9H,(H,14,15). The molecule has 0 spiro atoms. The van der Waals surface area contributed by atoms with E-state index in [0.717, 1.165) is 5.39 Å². The first-order valence-corrected chi connectivity index (χ1v) is 5.45. The van der Waals surface area contributed by atoms with Gasteiger partial charge in [-0.05, 0) is 6.07 Å². The van der Waals surface area contributed by atoms with E-state index in [4.69, 9.17) is 34.8 Å². The molecule has 2 rings (SSSR count). The van der Waals surface area contributed by atoms with E-state index in [1.807, 2.05) is 12.1 Å². The molecule has 1 heterocycles. The highest BCUT2D eigenvalue weighted by Crippen LogP contribution is 2.32. The molecule has 1 aromatic carbocycles. The van der Waals surface area contributed by atoms with E-state index in [-0.39, 0.29) is 11.1 Å². The first-order valence-electron chi connectivity index (χ1n) is 4.20. The maximum atomic E-state index is 11.6. The number of benzene rings is 1. The summed E-state index contributed by atoms with van der Waals surface area (Å²) in [5.41, 5.74) is 0.512. The predicted molar refractivity (Wildman–Crippen MR) is 64.0 cm³/mol. The van der Waals surface area contributed by atoms with Gasteiger partial charge in [-0.3, -0.25) is 4.79 Å². The normalized spacial score (nSPS) is 11.2. The van der Waals surface area contributed by atoms with Gasteiger partial charge in [-0.25, -0.2) is 0 Å². The minimum absolute atomic E-state index is 0.193. The van der Waals surface area contributed by atoms with E-state index < -0.39 is 4.84 Å². The third-order valence-electron chi connectivity index (χ3n) is 2.11. The summed E-state index contributed by atoms with van der Waals surface area (Å²) in [6, 6.07) is 7.21. The van der Waals surface area contributed by atoms with Crippen molar-refractivity contribution in [2.45, 2.75) is 4.84 Å². The molecule has 0 atom stereocenters. The second-order valence-electron chi connectivity index (χ2n) is 3.03. The predicted octanol–water partition coefficient (Wildman–Crippen LogP) is 3.66. The number of fused-ring (bicyclic) bond motifs is 1. The summed E-state index contributed by atoms with van der Waals surface area (Å²) in [5.74, 6) is 0. The Labute approximate surface area is 101 Å². The van der Waals surface area contributed by atoms with E-state index in [0.29, 0.717) is 10.5 Å². The molecule has 0 aliphatic heterocycles. The van der Waals surface area contributed by atoms with E-state index in [1.54, 1.807) is 12.1 Å². The molecule has 0 amide bonds. The Bertz CT molecular complexity index is 562. The van der Waals surface area contributed by atoms with Crippen LogP contribution >= 0.6 is 34.8 Å². The number of hydrogen-bond acceptors (Lipinski definition) is 1. The van der Waals surface area contributed by atoms with Crippen molar-refractivity contribution < 1.29 is 0 Å². The maximum absolute atomic E-state index is 11.6. The lowest BCUT2D eigenvalue weighted by molar-refractivity contribution is 1.19. The Hall–Kier alpha value is -0.700. The lowest BCUT2D eigenvalue weighted by atomic mass is 10.2. The third kappa shape index (κ3) is 1.85. The number of para-hydroxylation sites is 1. The smallest absolute Gasteiger partial charge is 0.255 e. The number of aromatic nitrogens is 1. The van der Waals surface area contributed by atoms with Crippen molar-refractivity contribution in [3.05, 3.63) is 45.2 Å². The topological polar surface area (TPSA) is 32.9 Å². The molecule has 0 saturated heterocycles. The molecule has 0 bridgehead atoms. The van der Waals surface area contributed by atoms with Gasteiger partial charge in [-0.1, -0.05) is 53.0 Å². The summed E-state index contributed by atoms with van der Waals surface area (Å²) in [6.45, 7) is 0. The highest BCUT2D eigenvalue weighted by molar-refractivity contribution is 6.46. The van der Waals surface area contributed by atoms with Crippen LogP contribution in [0.25, 0.3) is 10.9 Å². The summed E-state index contributed by atoms with van der Waals surface area (Å²) in [4.78, 5) is 13.3. The van der Waals surface area contributed by atoms with Crippen LogP contribution in [0.5, 0.6) is 0 Å². The zero-order chi connectivity index (χ0) is 11.0. The van der Waals surface area contributed by atoms with Gasteiger partial charge in [0.2, 0.25) is 0 Å². The Morgan fingerprint density at radius 2 is 1.87 bits per heavy atom. The highest BCUT2D eigenvalue weighted by atomic mass is 35.5. The highest BCUT2D eigenvalue weighted by Gasteiger charge is 2.16. The molecule has 2 aromatic rings. The van der Waals surface area contributed by atoms with Crippen molar-refractivity contribution in [2.75, 3.05) is 0 Å². The average Bonchev–Trinajstić information content (AvgIpc) is 2.17. The molecule has 0 fully saturated rings. The fourth-order valence-corrected chi connectivity index (χ4v) is 2.30. The quantitative estimate of drug-likeness (QED) is 0.782. The molecule has 1 aromatic heterocycles. The molecule has 0 aliphatic rings. The molecule has 0 unspecified atom stereocenters. The number of halogens is 3. The zero-order valence-corrected chi connectivity index (χ0v) is 9.70. The van der Waals surface area contributed by atoms with Gasteiger partial charge in [0.1, 0.15) is 4.84 Å². The minimum atomic E-state index is -0.925. The van der Waals surface area contributed by atoms with Gasteiger partial charge in [-0.15, -0.1) is 0 Å². The fraction of sp³-hybridized carbons (Fsp3) is 0.100. The van der Waals surface area contributed by atoms with E-state index in [1.165, 1.54) is 0 Å². The van der Waals surface area contributed by atoms with Crippen LogP contribution in [0.1, 0.15) is 10.4 Å². The fourth-order valence-electron chi connectivity index (χ4n) is 1.41. The van der Waals surface area contributed by atoms with Gasteiger partial charge in [-0.2, -0.15) is 0 Å². The van der Waals surface area contributed by atoms with Gasteiger partial charge in [0.15, 0.2) is 0 Å². The van der Waals surface area contributed by atoms with Crippen molar-refractivity contribution in [3.8, 4) is 0 Å². The minimum Gasteiger partial charge on any atom is -0.322 e. The summed E-state index contributed by atoms with van der Waals surface area (Å²) >= 11 is 17.4. The first-order chi connectivity index (χ1) is 7.11. The van der Waals surface area contributed by atoms with Crippen LogP contribution in [-0.4, -0.2) is 4.98 Å². The lowest BCUT2D eigenvalue weighted by Gasteiger charge is -2.06. The van der Waals surface area contributed by atoms with E-state index >= 15 is 0 Å². The maximum Gasteiger partial charge on any atom is 0.255 e. The van der Waals surface area contributed by atoms with Crippen LogP contribution < -0.4 is 5.56 Å². The largest absolute Gasteiger partial charge is 0.322 e. The number of aromatic amines is 1. The van der Waals surface area contributed by atoms with Crippen molar-refractivity contribution in [3.63, 3.8) is 0 Å². The molecule has 78 valence electrons. The second kappa shape index (κ2) is 4.05. The molecule has 0 radical (unpaired) electrons. The molecule has 0 saturated carbocycles. The number of pyridine rings is 1. The second-order valence-corrected chi connectivity index (χ2v) is 4.50. The Balaban J connectivity index is 2.90. The van der Waals surface area contributed by atoms with Gasteiger partial charge < -0.3 is 4.98 Å². The van der Waals surface area contributed by atoms with Crippen molar-refractivity contribution in [2.24, 2.45) is 0 Å². The SMILES string of the molecule is O=c1[nH]c2ccccc2c(Cl)c1C(Cl)Cl. The van der Waals surface area contributed by atoms with Gasteiger partial charge in [0, 0.05) is 10.9 Å². The van der Waals surface area contributed by atoms with Gasteiger partial charge >= 0.3 is 0 Å². The molecule has 5 heteroatoms. The van der Waals surface area contributed by atoms with Crippen LogP contribution in [0.15, 0.2) is 29.1 Å². The lowest BCUT2D eigenvalue weighted by Crippen LogP contribution is -2.13. The number of H-pyrrole nitrogens is 1. The zero-order valence-electron chi connectivity index (χ0n) is 7.43. The Morgan fingerprint density at radius 1 is 1.20 bits per heavy atom. The molecule has 0 aliphatic carbocycles. The van der Waals surface area contributed by atoms with Crippen molar-refractivity contribution in [1.29, 1.82) is 0 Å². The Kier molecular flexibility index (Phi) is 2.91. The van der Waals surface area contributed by atoms with Crippen LogP contribution in [0.3, 0.4) is 0 Å². The number of nitrogens with one attached hydrogen (secondary N) is 1. The summed E-state index contributed by atoms with van der Waals surface area (Å²) in [5, 5.41) is 1.05. The number of rotatable bonds is 1. The number of hydrogen-bond donors (Lipinski definition) is 1. The van der Waals surface area contributed by atoms with Crippen LogP contribution in [0.4, 0.5) is 0 Å². The van der Waals surface area contributed by atoms with Crippen LogP contribution in [-0.2, 0) is 0 Å². The summed E-state index contributed by atoms with van der Waals surface area (Å²) in [6.07, 6.45) is 0. The van der Waals surface area contributed by atoms with Crippen molar-refractivity contribution >= 4 is 45.7 Å². The third-order valence-corrected chi connectivity index (χ3v) is 2.95. The first kappa shape index (κ1) is 10.8. The van der Waals surface area contributed by atoms with Crippen LogP contribution in [0, 0.1) is 0 Å². The molecule has 15 heavy (non-hydrogen) atoms. The average molecular weight is 263 g/mol. The molecular weight excluding hydrogens is 256 g/mol. The van der Waals surface area contributed by atoms with Gasteiger partial charge in [0.25, 0.3) is 5.56 Å². The molecule has 1 N–H and O–H groups in total. The monoisotopic (exact) mass is 261 g/mol. The van der Waals surface area contributed by atoms with Gasteiger partial charge in [0.05, 0.1) is 10.6 Å². The summed E-state index contributed by atoms with van der Waals surface area (Å²) < 4.78 is 0. The van der Waals surface area contributed by atoms with Crippen molar-refractivity contribution in [1.82, 2.24) is 4.98 Å². The Morgan fingerprint density at radius 3 is 2.53 bits per heavy atom. The van der Waals surface area contributed by atoms with E-state index in [9.17, 15) is 4.79 Å². The summed E-state index contributed by atoms with van der Waals surface area (Å²) in [7, 11) is 0. The van der Waals surface area contributed by atoms with Crippen LogP contribution in [0.2, 0.25) is 5.02 Å². The van der Waals surface area contributed by atoms with E-state index in [2.05, 4.69) is 4.98 Å². The molecular formula is C10H6Cl3NO. The number of alkyl halides is 2.